The Labute approximate surface area is 98.4 Å². The van der Waals surface area contributed by atoms with Gasteiger partial charge in [0.2, 0.25) is 5.82 Å². The van der Waals surface area contributed by atoms with Crippen molar-refractivity contribution in [1.29, 1.82) is 5.26 Å². The van der Waals surface area contributed by atoms with Crippen LogP contribution in [-0.4, -0.2) is 22.5 Å². The number of hydrogen-bond donors (Lipinski definition) is 2. The van der Waals surface area contributed by atoms with Gasteiger partial charge in [0.05, 0.1) is 10.5 Å². The van der Waals surface area contributed by atoms with E-state index < -0.39 is 4.92 Å². The Hall–Kier alpha value is -2.20. The van der Waals surface area contributed by atoms with Crippen molar-refractivity contribution < 1.29 is 4.92 Å². The maximum absolute atomic E-state index is 10.8. The van der Waals surface area contributed by atoms with Crippen LogP contribution in [0.1, 0.15) is 18.9 Å². The molecule has 90 valence electrons. The van der Waals surface area contributed by atoms with E-state index in [2.05, 4.69) is 10.3 Å². The van der Waals surface area contributed by atoms with Gasteiger partial charge in [-0.2, -0.15) is 5.26 Å². The topological polar surface area (TPSA) is 118 Å². The van der Waals surface area contributed by atoms with Gasteiger partial charge in [-0.05, 0) is 13.3 Å². The maximum atomic E-state index is 10.8. The van der Waals surface area contributed by atoms with E-state index in [1.807, 2.05) is 13.0 Å². The molecule has 0 saturated carbocycles. The third kappa shape index (κ3) is 3.70. The van der Waals surface area contributed by atoms with Crippen molar-refractivity contribution >= 4 is 11.5 Å². The van der Waals surface area contributed by atoms with E-state index in [0.717, 1.165) is 0 Å². The Morgan fingerprint density at radius 2 is 2.47 bits per heavy atom. The fourth-order valence-electron chi connectivity index (χ4n) is 1.21. The minimum atomic E-state index is -0.567. The van der Waals surface area contributed by atoms with Gasteiger partial charge < -0.3 is 11.1 Å². The average Bonchev–Trinajstić information content (AvgIpc) is 2.28. The van der Waals surface area contributed by atoms with Gasteiger partial charge >= 0.3 is 5.69 Å². The summed E-state index contributed by atoms with van der Waals surface area (Å²) in [5.41, 5.74) is 5.52. The first-order valence-electron chi connectivity index (χ1n) is 5.08. The van der Waals surface area contributed by atoms with Gasteiger partial charge in [-0.15, -0.1) is 0 Å². The van der Waals surface area contributed by atoms with Crippen LogP contribution in [-0.2, 0) is 0 Å². The fourth-order valence-corrected chi connectivity index (χ4v) is 1.21. The first-order valence-corrected chi connectivity index (χ1v) is 5.08. The molecule has 0 aromatic carbocycles. The molecule has 0 aliphatic rings. The van der Waals surface area contributed by atoms with Gasteiger partial charge in [0, 0.05) is 24.8 Å². The molecule has 7 heteroatoms. The van der Waals surface area contributed by atoms with Crippen LogP contribution in [0.5, 0.6) is 0 Å². The van der Waals surface area contributed by atoms with E-state index >= 15 is 0 Å². The van der Waals surface area contributed by atoms with E-state index in [1.54, 1.807) is 0 Å². The predicted molar refractivity (Wildman–Crippen MR) is 62.4 cm³/mol. The first-order chi connectivity index (χ1) is 8.04. The quantitative estimate of drug-likeness (QED) is 0.580. The van der Waals surface area contributed by atoms with Crippen LogP contribution in [0.25, 0.3) is 0 Å². The van der Waals surface area contributed by atoms with Crippen LogP contribution >= 0.6 is 0 Å². The van der Waals surface area contributed by atoms with Crippen molar-refractivity contribution in [1.82, 2.24) is 4.98 Å². The predicted octanol–water partition coefficient (Wildman–Crippen LogP) is 1.01. The second kappa shape index (κ2) is 5.77. The number of pyridine rings is 1. The Kier molecular flexibility index (Phi) is 4.37. The molecule has 0 aliphatic heterocycles. The molecule has 0 saturated heterocycles. The monoisotopic (exact) mass is 235 g/mol. The zero-order valence-corrected chi connectivity index (χ0v) is 9.38. The third-order valence-corrected chi connectivity index (χ3v) is 2.09. The maximum Gasteiger partial charge on any atom is 0.312 e. The summed E-state index contributed by atoms with van der Waals surface area (Å²) in [6.07, 6.45) is 1.97. The lowest BCUT2D eigenvalue weighted by molar-refractivity contribution is -0.384. The summed E-state index contributed by atoms with van der Waals surface area (Å²) in [6.45, 7) is 2.35. The third-order valence-electron chi connectivity index (χ3n) is 2.09. The van der Waals surface area contributed by atoms with Crippen LogP contribution in [0.3, 0.4) is 0 Å². The van der Waals surface area contributed by atoms with E-state index in [0.29, 0.717) is 13.0 Å². The number of nitrogens with two attached hydrogens (primary N) is 1. The number of aromatic nitrogens is 1. The van der Waals surface area contributed by atoms with Crippen LogP contribution in [0.4, 0.5) is 11.5 Å². The van der Waals surface area contributed by atoms with E-state index in [-0.39, 0.29) is 23.1 Å². The number of nitrogens with one attached hydrogen (secondary N) is 1. The molecule has 1 rings (SSSR count). The summed E-state index contributed by atoms with van der Waals surface area (Å²) in [5.74, 6) is 0.162. The SMILES string of the molecule is CC(N)CCNc1ncc(C#N)cc1[N+](=O)[O-]. The molecule has 17 heavy (non-hydrogen) atoms. The molecule has 0 fully saturated rings. The van der Waals surface area contributed by atoms with E-state index in [4.69, 9.17) is 11.0 Å². The number of anilines is 1. The highest BCUT2D eigenvalue weighted by atomic mass is 16.6. The molecule has 1 aromatic heterocycles. The molecule has 1 aromatic rings. The minimum Gasteiger partial charge on any atom is -0.364 e. The van der Waals surface area contributed by atoms with E-state index in [1.165, 1.54) is 12.3 Å². The van der Waals surface area contributed by atoms with Gasteiger partial charge in [-0.1, -0.05) is 0 Å². The summed E-state index contributed by atoms with van der Waals surface area (Å²) in [5, 5.41) is 22.2. The highest BCUT2D eigenvalue weighted by Crippen LogP contribution is 2.22. The van der Waals surface area contributed by atoms with Crippen LogP contribution in [0.2, 0.25) is 0 Å². The highest BCUT2D eigenvalue weighted by molar-refractivity contribution is 5.58. The van der Waals surface area contributed by atoms with Crippen molar-refractivity contribution in [2.24, 2.45) is 5.73 Å². The second-order valence-corrected chi connectivity index (χ2v) is 3.65. The van der Waals surface area contributed by atoms with Crippen LogP contribution in [0, 0.1) is 21.4 Å². The van der Waals surface area contributed by atoms with Gasteiger partial charge in [0.25, 0.3) is 0 Å². The molecule has 3 N–H and O–H groups in total. The summed E-state index contributed by atoms with van der Waals surface area (Å²) >= 11 is 0. The van der Waals surface area contributed by atoms with Gasteiger partial charge in [0.15, 0.2) is 0 Å². The highest BCUT2D eigenvalue weighted by Gasteiger charge is 2.15. The average molecular weight is 235 g/mol. The lowest BCUT2D eigenvalue weighted by Crippen LogP contribution is -2.19. The molecule has 7 nitrogen and oxygen atoms in total. The molecule has 1 heterocycles. The summed E-state index contributed by atoms with van der Waals surface area (Å²) in [4.78, 5) is 14.1. The number of hydrogen-bond acceptors (Lipinski definition) is 6. The molecule has 0 radical (unpaired) electrons. The number of nitro groups is 1. The smallest absolute Gasteiger partial charge is 0.312 e. The normalized spacial score (nSPS) is 11.6. The first kappa shape index (κ1) is 12.9. The van der Waals surface area contributed by atoms with Crippen molar-refractivity contribution in [2.45, 2.75) is 19.4 Å². The molecule has 1 atom stereocenters. The molecule has 1 unspecified atom stereocenters. The molecule has 0 spiro atoms. The van der Waals surface area contributed by atoms with Crippen LogP contribution < -0.4 is 11.1 Å². The number of nitrogens with zero attached hydrogens (tertiary/aromatic N) is 3. The molecular weight excluding hydrogens is 222 g/mol. The van der Waals surface area contributed by atoms with Gasteiger partial charge in [-0.25, -0.2) is 4.98 Å². The minimum absolute atomic E-state index is 0.0138. The van der Waals surface area contributed by atoms with Gasteiger partial charge in [-0.3, -0.25) is 10.1 Å². The Morgan fingerprint density at radius 3 is 3.00 bits per heavy atom. The van der Waals surface area contributed by atoms with Crippen molar-refractivity contribution in [3.63, 3.8) is 0 Å². The number of nitriles is 1. The summed E-state index contributed by atoms with van der Waals surface area (Å²) in [7, 11) is 0. The summed E-state index contributed by atoms with van der Waals surface area (Å²) < 4.78 is 0. The van der Waals surface area contributed by atoms with E-state index in [9.17, 15) is 10.1 Å². The van der Waals surface area contributed by atoms with Crippen molar-refractivity contribution in [3.8, 4) is 6.07 Å². The molecule has 0 aliphatic carbocycles. The largest absolute Gasteiger partial charge is 0.364 e. The zero-order chi connectivity index (χ0) is 12.8. The van der Waals surface area contributed by atoms with Crippen molar-refractivity contribution in [3.05, 3.63) is 27.9 Å². The van der Waals surface area contributed by atoms with Crippen LogP contribution in [0.15, 0.2) is 12.3 Å². The molecular formula is C10H13N5O2. The molecule has 0 amide bonds. The Bertz CT molecular complexity index is 452. The standard InChI is InChI=1S/C10H13N5O2/c1-7(12)2-3-13-10-9(15(16)17)4-8(5-11)6-14-10/h4,6-7H,2-3,12H2,1H3,(H,13,14). The Balaban J connectivity index is 2.84. The summed E-state index contributed by atoms with van der Waals surface area (Å²) in [6, 6.07) is 3.02. The fraction of sp³-hybridized carbons (Fsp3) is 0.400. The lowest BCUT2D eigenvalue weighted by Gasteiger charge is -2.07. The zero-order valence-electron chi connectivity index (χ0n) is 9.38. The molecule has 0 bridgehead atoms. The van der Waals surface area contributed by atoms with Crippen molar-refractivity contribution in [2.75, 3.05) is 11.9 Å². The lowest BCUT2D eigenvalue weighted by atomic mass is 10.2. The Morgan fingerprint density at radius 1 is 1.76 bits per heavy atom. The number of rotatable bonds is 5. The van der Waals surface area contributed by atoms with Gasteiger partial charge in [0.1, 0.15) is 6.07 Å². The second-order valence-electron chi connectivity index (χ2n) is 3.65.